The predicted molar refractivity (Wildman–Crippen MR) is 60.1 cm³/mol. The topological polar surface area (TPSA) is 87.7 Å². The summed E-state index contributed by atoms with van der Waals surface area (Å²) in [6.07, 6.45) is -0.000639. The molecule has 8 heteroatoms. The molecule has 0 bridgehead atoms. The van der Waals surface area contributed by atoms with Gasteiger partial charge in [0.15, 0.2) is 0 Å². The number of carboxylic acids is 1. The van der Waals surface area contributed by atoms with Crippen LogP contribution in [0, 0.1) is 0 Å². The fraction of sp³-hybridized carbons (Fsp3) is 0.750. The second-order valence-electron chi connectivity index (χ2n) is 3.21. The molecule has 0 aliphatic rings. The number of nitrogens with two attached hydrogens (primary N) is 1. The van der Waals surface area contributed by atoms with Crippen LogP contribution in [0.3, 0.4) is 0 Å². The number of aliphatic carboxylic acids is 1. The number of carboxylic acid groups (broad SMARTS) is 1. The minimum atomic E-state index is -3.40. The van der Waals surface area contributed by atoms with Crippen LogP contribution in [0.15, 0.2) is 4.99 Å². The summed E-state index contributed by atoms with van der Waals surface area (Å²) < 4.78 is 26.3. The molecule has 1 atom stereocenters. The van der Waals surface area contributed by atoms with Crippen LogP contribution in [0.2, 0.25) is 0 Å². The summed E-state index contributed by atoms with van der Waals surface area (Å²) in [5.41, 5.74) is 5.11. The molecule has 0 heterocycles. The quantitative estimate of drug-likeness (QED) is 0.228. The van der Waals surface area contributed by atoms with Gasteiger partial charge in [0.25, 0.3) is 0 Å². The number of aliphatic imine (C=N–C) groups is 1. The Bertz CT molecular complexity index is 270. The van der Waals surface area contributed by atoms with Gasteiger partial charge < -0.3 is 10.8 Å². The highest BCUT2D eigenvalue weighted by atomic mass is 32.1. The summed E-state index contributed by atoms with van der Waals surface area (Å²) >= 11 is 3.79. The molecule has 0 rings (SSSR count). The van der Waals surface area contributed by atoms with Gasteiger partial charge in [-0.1, -0.05) is 0 Å². The van der Waals surface area contributed by atoms with Crippen LogP contribution >= 0.6 is 12.6 Å². The van der Waals surface area contributed by atoms with Gasteiger partial charge in [0, 0.05) is 0 Å². The standard InChI is InChI=1S/C8H15F2N3O2S/c1-5(11)12-4-8(9,10)13-6(2-3-16)7(14)15/h6,13,16H,2-4H2,1H3,(H2,11,12)(H,14,15). The van der Waals surface area contributed by atoms with Crippen molar-refractivity contribution in [3.05, 3.63) is 0 Å². The molecule has 0 aliphatic carbocycles. The van der Waals surface area contributed by atoms with Gasteiger partial charge in [0.05, 0.1) is 5.84 Å². The number of carbonyl (C=O) groups is 1. The molecule has 1 unspecified atom stereocenters. The Morgan fingerprint density at radius 3 is 2.62 bits per heavy atom. The van der Waals surface area contributed by atoms with E-state index in [1.807, 2.05) is 0 Å². The smallest absolute Gasteiger partial charge is 0.322 e. The van der Waals surface area contributed by atoms with Crippen molar-refractivity contribution >= 4 is 24.4 Å². The van der Waals surface area contributed by atoms with Crippen molar-refractivity contribution < 1.29 is 18.7 Å². The number of hydrogen-bond acceptors (Lipinski definition) is 4. The summed E-state index contributed by atoms with van der Waals surface area (Å²) in [5.74, 6) is -1.14. The molecule has 0 spiro atoms. The zero-order valence-corrected chi connectivity index (χ0v) is 9.68. The van der Waals surface area contributed by atoms with Gasteiger partial charge in [-0.15, -0.1) is 0 Å². The van der Waals surface area contributed by atoms with Crippen molar-refractivity contribution in [1.29, 1.82) is 0 Å². The van der Waals surface area contributed by atoms with Gasteiger partial charge in [-0.05, 0) is 19.1 Å². The third-order valence-corrected chi connectivity index (χ3v) is 1.89. The molecule has 94 valence electrons. The summed E-state index contributed by atoms with van der Waals surface area (Å²) in [5, 5.41) is 10.4. The van der Waals surface area contributed by atoms with Gasteiger partial charge >= 0.3 is 12.0 Å². The number of alkyl halides is 2. The maximum absolute atomic E-state index is 13.2. The van der Waals surface area contributed by atoms with E-state index < -0.39 is 24.6 Å². The fourth-order valence-electron chi connectivity index (χ4n) is 0.911. The largest absolute Gasteiger partial charge is 0.480 e. The molecule has 0 saturated carbocycles. The van der Waals surface area contributed by atoms with Gasteiger partial charge in [0.2, 0.25) is 0 Å². The number of thiol groups is 1. The Morgan fingerprint density at radius 2 is 2.25 bits per heavy atom. The minimum Gasteiger partial charge on any atom is -0.480 e. The van der Waals surface area contributed by atoms with E-state index in [1.165, 1.54) is 6.92 Å². The van der Waals surface area contributed by atoms with Crippen LogP contribution in [-0.4, -0.2) is 41.3 Å². The molecule has 0 aromatic rings. The Balaban J connectivity index is 4.40. The maximum atomic E-state index is 13.2. The monoisotopic (exact) mass is 255 g/mol. The SMILES string of the molecule is CC(N)=NCC(F)(F)NC(CCS)C(=O)O. The molecular weight excluding hydrogens is 240 g/mol. The minimum absolute atomic E-state index is 0.000639. The van der Waals surface area contributed by atoms with E-state index in [2.05, 4.69) is 17.6 Å². The van der Waals surface area contributed by atoms with E-state index in [1.54, 1.807) is 5.32 Å². The Morgan fingerprint density at radius 1 is 1.69 bits per heavy atom. The van der Waals surface area contributed by atoms with Gasteiger partial charge in [-0.2, -0.15) is 21.4 Å². The zero-order chi connectivity index (χ0) is 12.8. The van der Waals surface area contributed by atoms with Crippen molar-refractivity contribution in [1.82, 2.24) is 5.32 Å². The highest BCUT2D eigenvalue weighted by Crippen LogP contribution is 2.12. The first-order chi connectivity index (χ1) is 7.28. The molecule has 0 aliphatic heterocycles. The van der Waals surface area contributed by atoms with Gasteiger partial charge in [0.1, 0.15) is 12.6 Å². The van der Waals surface area contributed by atoms with Crippen LogP contribution in [0.25, 0.3) is 0 Å². The van der Waals surface area contributed by atoms with E-state index in [-0.39, 0.29) is 18.0 Å². The number of hydrogen-bond donors (Lipinski definition) is 4. The molecule has 4 N–H and O–H groups in total. The lowest BCUT2D eigenvalue weighted by atomic mass is 10.2. The molecule has 0 aromatic carbocycles. The third-order valence-electron chi connectivity index (χ3n) is 1.63. The second-order valence-corrected chi connectivity index (χ2v) is 3.66. The van der Waals surface area contributed by atoms with Crippen LogP contribution < -0.4 is 11.1 Å². The van der Waals surface area contributed by atoms with E-state index in [9.17, 15) is 13.6 Å². The van der Waals surface area contributed by atoms with E-state index in [0.29, 0.717) is 0 Å². The Labute approximate surface area is 97.5 Å². The summed E-state index contributed by atoms with van der Waals surface area (Å²) in [6.45, 7) is 0.490. The molecule has 16 heavy (non-hydrogen) atoms. The Hall–Kier alpha value is -0.890. The first kappa shape index (κ1) is 15.1. The van der Waals surface area contributed by atoms with E-state index in [4.69, 9.17) is 10.8 Å². The number of halogens is 2. The molecule has 5 nitrogen and oxygen atoms in total. The summed E-state index contributed by atoms with van der Waals surface area (Å²) in [6, 6.07) is -4.74. The number of nitrogens with zero attached hydrogens (tertiary/aromatic N) is 1. The van der Waals surface area contributed by atoms with Crippen molar-refractivity contribution in [2.24, 2.45) is 10.7 Å². The summed E-state index contributed by atoms with van der Waals surface area (Å²) in [7, 11) is 0. The van der Waals surface area contributed by atoms with Crippen molar-refractivity contribution in [3.8, 4) is 0 Å². The van der Waals surface area contributed by atoms with Crippen LogP contribution in [0.4, 0.5) is 8.78 Å². The van der Waals surface area contributed by atoms with Gasteiger partial charge in [-0.3, -0.25) is 9.79 Å². The normalized spacial score (nSPS) is 14.9. The lowest BCUT2D eigenvalue weighted by molar-refractivity contribution is -0.143. The van der Waals surface area contributed by atoms with Crippen molar-refractivity contribution in [2.75, 3.05) is 12.3 Å². The second kappa shape index (κ2) is 6.64. The predicted octanol–water partition coefficient (Wildman–Crippen LogP) is 0.319. The van der Waals surface area contributed by atoms with Crippen LogP contribution in [-0.2, 0) is 4.79 Å². The molecule has 0 saturated heterocycles. The van der Waals surface area contributed by atoms with Crippen LogP contribution in [0.1, 0.15) is 13.3 Å². The number of nitrogens with one attached hydrogen (secondary N) is 1. The molecule has 0 amide bonds. The summed E-state index contributed by atoms with van der Waals surface area (Å²) in [4.78, 5) is 14.0. The molecule has 0 radical (unpaired) electrons. The fourth-order valence-corrected chi connectivity index (χ4v) is 1.17. The molecular formula is C8H15F2N3O2S. The average molecular weight is 255 g/mol. The average Bonchev–Trinajstić information content (AvgIpc) is 2.14. The maximum Gasteiger partial charge on any atom is 0.322 e. The van der Waals surface area contributed by atoms with Crippen LogP contribution in [0.5, 0.6) is 0 Å². The molecule has 0 fully saturated rings. The highest BCUT2D eigenvalue weighted by Gasteiger charge is 2.33. The number of amidine groups is 1. The number of rotatable bonds is 7. The first-order valence-corrected chi connectivity index (χ1v) is 5.17. The first-order valence-electron chi connectivity index (χ1n) is 4.54. The van der Waals surface area contributed by atoms with E-state index >= 15 is 0 Å². The van der Waals surface area contributed by atoms with Crippen molar-refractivity contribution in [2.45, 2.75) is 25.4 Å². The van der Waals surface area contributed by atoms with Gasteiger partial charge in [-0.25, -0.2) is 5.32 Å². The van der Waals surface area contributed by atoms with Crippen molar-refractivity contribution in [3.63, 3.8) is 0 Å². The van der Waals surface area contributed by atoms with E-state index in [0.717, 1.165) is 0 Å². The lowest BCUT2D eigenvalue weighted by Gasteiger charge is -2.21. The Kier molecular flexibility index (Phi) is 6.27. The third kappa shape index (κ3) is 6.57. The zero-order valence-electron chi connectivity index (χ0n) is 8.78. The molecule has 0 aromatic heterocycles. The highest BCUT2D eigenvalue weighted by molar-refractivity contribution is 7.80. The lowest BCUT2D eigenvalue weighted by Crippen LogP contribution is -2.50.